The topological polar surface area (TPSA) is 67.6 Å². The second-order valence-electron chi connectivity index (χ2n) is 5.31. The monoisotopic (exact) mass is 257 g/mol. The van der Waals surface area contributed by atoms with E-state index in [1.54, 1.807) is 0 Å². The predicted molar refractivity (Wildman–Crippen MR) is 72.4 cm³/mol. The number of rotatable bonds is 7. The summed E-state index contributed by atoms with van der Waals surface area (Å²) in [6, 6.07) is 0.357. The fraction of sp³-hybridized carbons (Fsp3) is 0.923. The summed E-state index contributed by atoms with van der Waals surface area (Å²) in [5.41, 5.74) is 5.83. The number of amides is 1. The molecule has 1 rings (SSSR count). The van der Waals surface area contributed by atoms with E-state index in [9.17, 15) is 4.79 Å². The van der Waals surface area contributed by atoms with Crippen LogP contribution in [0.5, 0.6) is 0 Å². The molecule has 0 aliphatic heterocycles. The lowest BCUT2D eigenvalue weighted by molar-refractivity contribution is -0.121. The highest BCUT2D eigenvalue weighted by Gasteiger charge is 2.18. The van der Waals surface area contributed by atoms with Gasteiger partial charge in [0.2, 0.25) is 5.91 Å². The van der Waals surface area contributed by atoms with Crippen LogP contribution in [-0.4, -0.2) is 56.7 Å². The van der Waals surface area contributed by atoms with Crippen LogP contribution in [0.4, 0.5) is 0 Å². The molecule has 0 bridgehead atoms. The summed E-state index contributed by atoms with van der Waals surface area (Å²) in [5.74, 6) is 0.0953. The molecule has 1 aliphatic rings. The first kappa shape index (κ1) is 15.4. The van der Waals surface area contributed by atoms with E-state index >= 15 is 0 Å². The van der Waals surface area contributed by atoms with Crippen molar-refractivity contribution >= 4 is 5.91 Å². The van der Waals surface area contributed by atoms with Crippen LogP contribution < -0.4 is 11.1 Å². The number of carbonyl (C=O) groups is 1. The molecule has 0 aromatic rings. The predicted octanol–water partition coefficient (Wildman–Crippen LogP) is 0.341. The molecule has 106 valence electrons. The molecule has 0 aromatic carbocycles. The van der Waals surface area contributed by atoms with E-state index in [1.165, 1.54) is 0 Å². The largest absolute Gasteiger partial charge is 0.376 e. The molecule has 1 aliphatic carbocycles. The zero-order chi connectivity index (χ0) is 13.4. The Morgan fingerprint density at radius 3 is 2.61 bits per heavy atom. The molecule has 5 nitrogen and oxygen atoms in total. The van der Waals surface area contributed by atoms with Gasteiger partial charge in [0.25, 0.3) is 0 Å². The van der Waals surface area contributed by atoms with Gasteiger partial charge in [-0.1, -0.05) is 0 Å². The van der Waals surface area contributed by atoms with E-state index in [0.717, 1.165) is 32.2 Å². The van der Waals surface area contributed by atoms with E-state index in [1.807, 2.05) is 19.0 Å². The molecular weight excluding hydrogens is 230 g/mol. The number of carbonyl (C=O) groups excluding carboxylic acids is 1. The van der Waals surface area contributed by atoms with Gasteiger partial charge in [-0.3, -0.25) is 4.79 Å². The third kappa shape index (κ3) is 6.93. The number of hydrogen-bond acceptors (Lipinski definition) is 4. The minimum atomic E-state index is 0.0953. The van der Waals surface area contributed by atoms with Crippen molar-refractivity contribution in [1.82, 2.24) is 10.2 Å². The van der Waals surface area contributed by atoms with Crippen molar-refractivity contribution in [3.63, 3.8) is 0 Å². The summed E-state index contributed by atoms with van der Waals surface area (Å²) in [4.78, 5) is 13.4. The molecule has 1 amide bonds. The molecule has 0 saturated heterocycles. The van der Waals surface area contributed by atoms with Gasteiger partial charge in [-0.25, -0.2) is 0 Å². The van der Waals surface area contributed by atoms with Gasteiger partial charge in [-0.15, -0.1) is 0 Å². The normalized spacial score (nSPS) is 24.2. The van der Waals surface area contributed by atoms with Crippen molar-refractivity contribution in [3.8, 4) is 0 Å². The fourth-order valence-electron chi connectivity index (χ4n) is 2.08. The Morgan fingerprint density at radius 1 is 1.33 bits per heavy atom. The van der Waals surface area contributed by atoms with E-state index in [0.29, 0.717) is 31.7 Å². The van der Waals surface area contributed by atoms with Crippen LogP contribution in [0.1, 0.15) is 32.1 Å². The van der Waals surface area contributed by atoms with Crippen LogP contribution in [-0.2, 0) is 9.53 Å². The van der Waals surface area contributed by atoms with E-state index in [4.69, 9.17) is 10.5 Å². The summed E-state index contributed by atoms with van der Waals surface area (Å²) in [6.07, 6.45) is 5.10. The van der Waals surface area contributed by atoms with Gasteiger partial charge in [-0.2, -0.15) is 0 Å². The van der Waals surface area contributed by atoms with Crippen LogP contribution in [0.2, 0.25) is 0 Å². The molecule has 0 radical (unpaired) electrons. The number of hydrogen-bond donors (Lipinski definition) is 2. The molecule has 0 spiro atoms. The van der Waals surface area contributed by atoms with Crippen molar-refractivity contribution in [2.45, 2.75) is 44.2 Å². The van der Waals surface area contributed by atoms with Crippen LogP contribution in [0.15, 0.2) is 0 Å². The summed E-state index contributed by atoms with van der Waals surface area (Å²) in [7, 11) is 3.92. The highest BCUT2D eigenvalue weighted by atomic mass is 16.5. The van der Waals surface area contributed by atoms with Crippen LogP contribution in [0, 0.1) is 0 Å². The fourth-order valence-corrected chi connectivity index (χ4v) is 2.08. The maximum atomic E-state index is 11.4. The number of ether oxygens (including phenoxy) is 1. The quantitative estimate of drug-likeness (QED) is 0.645. The molecule has 1 saturated carbocycles. The second kappa shape index (κ2) is 8.45. The van der Waals surface area contributed by atoms with Gasteiger partial charge in [0.15, 0.2) is 0 Å². The number of nitrogens with one attached hydrogen (secondary N) is 1. The molecule has 3 N–H and O–H groups in total. The minimum Gasteiger partial charge on any atom is -0.376 e. The lowest BCUT2D eigenvalue weighted by atomic mass is 9.94. The average molecular weight is 257 g/mol. The Bertz CT molecular complexity index is 238. The summed E-state index contributed by atoms with van der Waals surface area (Å²) < 4.78 is 5.73. The molecule has 0 atom stereocenters. The van der Waals surface area contributed by atoms with E-state index in [2.05, 4.69) is 5.32 Å². The molecule has 18 heavy (non-hydrogen) atoms. The van der Waals surface area contributed by atoms with Gasteiger partial charge >= 0.3 is 0 Å². The van der Waals surface area contributed by atoms with Crippen molar-refractivity contribution in [1.29, 1.82) is 0 Å². The zero-order valence-corrected chi connectivity index (χ0v) is 11.7. The Labute approximate surface area is 110 Å². The first-order chi connectivity index (χ1) is 8.58. The lowest BCUT2D eigenvalue weighted by Gasteiger charge is -2.26. The van der Waals surface area contributed by atoms with Crippen molar-refractivity contribution in [2.75, 3.05) is 33.8 Å². The Kier molecular flexibility index (Phi) is 7.23. The Balaban J connectivity index is 1.96. The number of nitrogens with two attached hydrogens (primary N) is 1. The highest BCUT2D eigenvalue weighted by molar-refractivity contribution is 5.75. The third-order valence-corrected chi connectivity index (χ3v) is 3.28. The maximum absolute atomic E-state index is 11.4. The van der Waals surface area contributed by atoms with E-state index < -0.39 is 0 Å². The first-order valence-electron chi connectivity index (χ1n) is 6.86. The standard InChI is InChI=1S/C13H27N3O2/c1-16(2)9-7-13(17)15-8-10-18-12-5-3-11(14)4-6-12/h11-12H,3-10,14H2,1-2H3,(H,15,17). The number of nitrogens with zero attached hydrogens (tertiary/aromatic N) is 1. The molecular formula is C13H27N3O2. The maximum Gasteiger partial charge on any atom is 0.221 e. The summed E-state index contributed by atoms with van der Waals surface area (Å²) in [5, 5.41) is 2.87. The van der Waals surface area contributed by atoms with Crippen LogP contribution in [0.25, 0.3) is 0 Å². The minimum absolute atomic E-state index is 0.0953. The SMILES string of the molecule is CN(C)CCC(=O)NCCOC1CCC(N)CC1. The highest BCUT2D eigenvalue weighted by Crippen LogP contribution is 2.19. The Morgan fingerprint density at radius 2 is 2.00 bits per heavy atom. The van der Waals surface area contributed by atoms with Gasteiger partial charge in [0.1, 0.15) is 0 Å². The van der Waals surface area contributed by atoms with Gasteiger partial charge in [0.05, 0.1) is 12.7 Å². The van der Waals surface area contributed by atoms with Gasteiger partial charge in [0, 0.05) is 25.6 Å². The Hall–Kier alpha value is -0.650. The van der Waals surface area contributed by atoms with Gasteiger partial charge in [-0.05, 0) is 39.8 Å². The van der Waals surface area contributed by atoms with Crippen molar-refractivity contribution in [2.24, 2.45) is 5.73 Å². The van der Waals surface area contributed by atoms with E-state index in [-0.39, 0.29) is 5.91 Å². The zero-order valence-electron chi connectivity index (χ0n) is 11.7. The molecule has 0 unspecified atom stereocenters. The third-order valence-electron chi connectivity index (χ3n) is 3.28. The van der Waals surface area contributed by atoms with Gasteiger partial charge < -0.3 is 20.7 Å². The van der Waals surface area contributed by atoms with Crippen LogP contribution >= 0.6 is 0 Å². The molecule has 1 fully saturated rings. The summed E-state index contributed by atoms with van der Waals surface area (Å²) >= 11 is 0. The van der Waals surface area contributed by atoms with Crippen molar-refractivity contribution < 1.29 is 9.53 Å². The first-order valence-corrected chi connectivity index (χ1v) is 6.86. The van der Waals surface area contributed by atoms with Crippen molar-refractivity contribution in [3.05, 3.63) is 0 Å². The summed E-state index contributed by atoms with van der Waals surface area (Å²) in [6.45, 7) is 2.00. The average Bonchev–Trinajstić information content (AvgIpc) is 2.34. The molecule has 5 heteroatoms. The molecule has 0 heterocycles. The smallest absolute Gasteiger partial charge is 0.221 e. The van der Waals surface area contributed by atoms with Crippen LogP contribution in [0.3, 0.4) is 0 Å². The lowest BCUT2D eigenvalue weighted by Crippen LogP contribution is -2.33. The molecule has 0 aromatic heterocycles. The second-order valence-corrected chi connectivity index (χ2v) is 5.31.